The van der Waals surface area contributed by atoms with E-state index in [1.807, 2.05) is 11.4 Å². The Kier molecular flexibility index (Phi) is 4.20. The Labute approximate surface area is 118 Å². The highest BCUT2D eigenvalue weighted by Crippen LogP contribution is 2.32. The normalized spacial score (nSPS) is 14.2. The van der Waals surface area contributed by atoms with Crippen LogP contribution in [-0.4, -0.2) is 26.4 Å². The third kappa shape index (κ3) is 3.30. The van der Waals surface area contributed by atoms with Gasteiger partial charge in [-0.05, 0) is 37.6 Å². The second-order valence-corrected chi connectivity index (χ2v) is 7.16. The average Bonchev–Trinajstić information content (AvgIpc) is 2.86. The molecule has 0 spiro atoms. The molecule has 2 N–H and O–H groups in total. The van der Waals surface area contributed by atoms with Crippen molar-refractivity contribution in [3.8, 4) is 0 Å². The number of nitrogens with zero attached hydrogens (tertiary/aromatic N) is 4. The number of hydrogen-bond acceptors (Lipinski definition) is 5. The maximum absolute atomic E-state index is 5.72. The molecule has 0 radical (unpaired) electrons. The molecule has 6 heteroatoms. The number of rotatable bonds is 5. The van der Waals surface area contributed by atoms with Crippen LogP contribution >= 0.6 is 11.3 Å². The summed E-state index contributed by atoms with van der Waals surface area (Å²) in [5, 5.41) is 13.8. The number of aryl methyl sites for hydroxylation is 2. The van der Waals surface area contributed by atoms with Gasteiger partial charge in [0.05, 0.1) is 0 Å². The molecule has 0 amide bonds. The van der Waals surface area contributed by atoms with Crippen LogP contribution in [0.2, 0.25) is 0 Å². The van der Waals surface area contributed by atoms with E-state index >= 15 is 0 Å². The summed E-state index contributed by atoms with van der Waals surface area (Å²) in [7, 11) is 0. The Morgan fingerprint density at radius 2 is 2.00 bits per heavy atom. The van der Waals surface area contributed by atoms with Crippen LogP contribution in [0.15, 0.2) is 0 Å². The highest BCUT2D eigenvalue weighted by Gasteiger charge is 2.24. The molecule has 1 unspecified atom stereocenters. The second-order valence-electron chi connectivity index (χ2n) is 6.12. The predicted octanol–water partition coefficient (Wildman–Crippen LogP) is 2.44. The van der Waals surface area contributed by atoms with Crippen molar-refractivity contribution in [2.75, 3.05) is 6.54 Å². The van der Waals surface area contributed by atoms with Gasteiger partial charge in [-0.1, -0.05) is 32.1 Å². The van der Waals surface area contributed by atoms with Crippen LogP contribution in [0, 0.1) is 18.3 Å². The molecule has 19 heavy (non-hydrogen) atoms. The van der Waals surface area contributed by atoms with Crippen molar-refractivity contribution in [2.45, 2.75) is 47.0 Å². The van der Waals surface area contributed by atoms with E-state index in [0.29, 0.717) is 11.3 Å². The Hall–Kier alpha value is -1.01. The van der Waals surface area contributed by atoms with Crippen molar-refractivity contribution in [2.24, 2.45) is 17.1 Å². The maximum atomic E-state index is 5.72. The molecular weight excluding hydrogens is 258 g/mol. The van der Waals surface area contributed by atoms with Crippen LogP contribution in [0.4, 0.5) is 0 Å². The number of fused-ring (bicyclic) bond motifs is 1. The third-order valence-electron chi connectivity index (χ3n) is 3.64. The molecule has 0 bridgehead atoms. The molecule has 2 aromatic rings. The molecule has 106 valence electrons. The zero-order valence-electron chi connectivity index (χ0n) is 12.2. The van der Waals surface area contributed by atoms with E-state index in [4.69, 9.17) is 5.73 Å². The highest BCUT2D eigenvalue weighted by molar-refractivity contribution is 7.16. The van der Waals surface area contributed by atoms with Crippen LogP contribution in [0.25, 0.3) is 4.96 Å². The van der Waals surface area contributed by atoms with E-state index in [9.17, 15) is 0 Å². The Morgan fingerprint density at radius 3 is 2.58 bits per heavy atom. The molecule has 0 aromatic carbocycles. The van der Waals surface area contributed by atoms with E-state index in [1.54, 1.807) is 11.3 Å². The van der Waals surface area contributed by atoms with Gasteiger partial charge in [0.1, 0.15) is 5.01 Å². The second kappa shape index (κ2) is 5.54. The topological polar surface area (TPSA) is 69.1 Å². The molecule has 0 fully saturated rings. The summed E-state index contributed by atoms with van der Waals surface area (Å²) >= 11 is 1.64. The highest BCUT2D eigenvalue weighted by atomic mass is 32.1. The summed E-state index contributed by atoms with van der Waals surface area (Å²) in [5.74, 6) is 1.49. The zero-order chi connectivity index (χ0) is 14.0. The van der Waals surface area contributed by atoms with Crippen molar-refractivity contribution in [3.05, 3.63) is 10.8 Å². The van der Waals surface area contributed by atoms with E-state index in [-0.39, 0.29) is 0 Å². The summed E-state index contributed by atoms with van der Waals surface area (Å²) in [4.78, 5) is 0.888. The fourth-order valence-electron chi connectivity index (χ4n) is 2.36. The minimum absolute atomic E-state index is 0.300. The summed E-state index contributed by atoms with van der Waals surface area (Å²) in [6.07, 6.45) is 3.20. The lowest BCUT2D eigenvalue weighted by Gasteiger charge is -2.30. The van der Waals surface area contributed by atoms with Crippen molar-refractivity contribution < 1.29 is 0 Å². The van der Waals surface area contributed by atoms with Gasteiger partial charge in [0.2, 0.25) is 4.96 Å². The molecule has 0 aliphatic heterocycles. The van der Waals surface area contributed by atoms with Crippen molar-refractivity contribution >= 4 is 16.3 Å². The summed E-state index contributed by atoms with van der Waals surface area (Å²) < 4.78 is 1.83. The first kappa shape index (κ1) is 14.4. The largest absolute Gasteiger partial charge is 0.330 e. The molecule has 0 aliphatic rings. The molecular formula is C13H23N5S. The lowest BCUT2D eigenvalue weighted by molar-refractivity contribution is 0.215. The molecule has 1 atom stereocenters. The molecule has 2 aromatic heterocycles. The standard InChI is InChI=1S/C13H23N5S/c1-9-15-16-12-18(9)17-11(19-12)6-5-10(7-8-14)13(2,3)4/h10H,5-8,14H2,1-4H3. The summed E-state index contributed by atoms with van der Waals surface area (Å²) in [5.41, 5.74) is 6.02. The molecule has 2 rings (SSSR count). The van der Waals surface area contributed by atoms with Crippen molar-refractivity contribution in [1.29, 1.82) is 0 Å². The summed E-state index contributed by atoms with van der Waals surface area (Å²) in [6.45, 7) is 9.55. The van der Waals surface area contributed by atoms with Crippen LogP contribution in [0.5, 0.6) is 0 Å². The maximum Gasteiger partial charge on any atom is 0.234 e. The molecule has 0 saturated heterocycles. The van der Waals surface area contributed by atoms with Crippen molar-refractivity contribution in [1.82, 2.24) is 19.8 Å². The quantitative estimate of drug-likeness (QED) is 0.914. The summed E-state index contributed by atoms with van der Waals surface area (Å²) in [6, 6.07) is 0. The Morgan fingerprint density at radius 1 is 1.26 bits per heavy atom. The first-order chi connectivity index (χ1) is 8.91. The van der Waals surface area contributed by atoms with Gasteiger partial charge in [-0.25, -0.2) is 0 Å². The minimum atomic E-state index is 0.300. The van der Waals surface area contributed by atoms with Crippen molar-refractivity contribution in [3.63, 3.8) is 0 Å². The average molecular weight is 281 g/mol. The van der Waals surface area contributed by atoms with Gasteiger partial charge in [0.25, 0.3) is 0 Å². The van der Waals surface area contributed by atoms with E-state index in [1.165, 1.54) is 0 Å². The lowest BCUT2D eigenvalue weighted by Crippen LogP contribution is -2.24. The fraction of sp³-hybridized carbons (Fsp3) is 0.769. The van der Waals surface area contributed by atoms with Gasteiger partial charge in [-0.2, -0.15) is 9.61 Å². The number of aromatic nitrogens is 4. The van der Waals surface area contributed by atoms with Crippen LogP contribution in [-0.2, 0) is 6.42 Å². The van der Waals surface area contributed by atoms with Gasteiger partial charge >= 0.3 is 0 Å². The number of nitrogens with two attached hydrogens (primary N) is 1. The monoisotopic (exact) mass is 281 g/mol. The van der Waals surface area contributed by atoms with E-state index in [2.05, 4.69) is 36.1 Å². The van der Waals surface area contributed by atoms with Gasteiger partial charge in [0, 0.05) is 6.42 Å². The SMILES string of the molecule is Cc1nnc2sc(CCC(CCN)C(C)(C)C)nn12. The smallest absolute Gasteiger partial charge is 0.234 e. The Bertz CT molecular complexity index is 537. The number of hydrogen-bond donors (Lipinski definition) is 1. The molecule has 2 heterocycles. The van der Waals surface area contributed by atoms with Gasteiger partial charge < -0.3 is 5.73 Å². The van der Waals surface area contributed by atoms with Gasteiger partial charge in [-0.15, -0.1) is 10.2 Å². The van der Waals surface area contributed by atoms with E-state index < -0.39 is 0 Å². The molecule has 0 aliphatic carbocycles. The zero-order valence-corrected chi connectivity index (χ0v) is 13.0. The first-order valence-corrected chi connectivity index (χ1v) is 7.61. The molecule has 5 nitrogen and oxygen atoms in total. The van der Waals surface area contributed by atoms with Crippen LogP contribution in [0.1, 0.15) is 44.4 Å². The third-order valence-corrected chi connectivity index (χ3v) is 4.59. The fourth-order valence-corrected chi connectivity index (χ4v) is 3.26. The minimum Gasteiger partial charge on any atom is -0.330 e. The molecule has 0 saturated carbocycles. The Balaban J connectivity index is 2.04. The van der Waals surface area contributed by atoms with E-state index in [0.717, 1.165) is 41.6 Å². The van der Waals surface area contributed by atoms with Crippen LogP contribution in [0.3, 0.4) is 0 Å². The van der Waals surface area contributed by atoms with Crippen LogP contribution < -0.4 is 5.73 Å². The van der Waals surface area contributed by atoms with Gasteiger partial charge in [-0.3, -0.25) is 0 Å². The van der Waals surface area contributed by atoms with Gasteiger partial charge in [0.15, 0.2) is 5.82 Å². The lowest BCUT2D eigenvalue weighted by atomic mass is 9.76. The first-order valence-electron chi connectivity index (χ1n) is 6.79. The predicted molar refractivity (Wildman–Crippen MR) is 78.3 cm³/mol.